The standard InChI is InChI=1S/C18H20N2O2S/c1-12(2)22-15-10-8-14(9-11-15)19-18(23)20-17(21)16-7-5-4-6-13(16)3/h4-12H,1-3H3,(H2,19,20,21,23). The summed E-state index contributed by atoms with van der Waals surface area (Å²) >= 11 is 5.18. The zero-order valence-electron chi connectivity index (χ0n) is 13.4. The van der Waals surface area contributed by atoms with E-state index in [0.717, 1.165) is 17.0 Å². The number of ether oxygens (including phenoxy) is 1. The maximum absolute atomic E-state index is 12.2. The Bertz CT molecular complexity index is 696. The first-order valence-electron chi connectivity index (χ1n) is 7.40. The number of benzene rings is 2. The maximum atomic E-state index is 12.2. The summed E-state index contributed by atoms with van der Waals surface area (Å²) in [5, 5.41) is 5.93. The highest BCUT2D eigenvalue weighted by Gasteiger charge is 2.10. The lowest BCUT2D eigenvalue weighted by Gasteiger charge is -2.12. The summed E-state index contributed by atoms with van der Waals surface area (Å²) < 4.78 is 5.58. The Kier molecular flexibility index (Phi) is 5.71. The highest BCUT2D eigenvalue weighted by atomic mass is 32.1. The minimum Gasteiger partial charge on any atom is -0.491 e. The van der Waals surface area contributed by atoms with Crippen molar-refractivity contribution in [2.75, 3.05) is 5.32 Å². The molecule has 0 heterocycles. The van der Waals surface area contributed by atoms with Crippen LogP contribution in [-0.2, 0) is 0 Å². The molecule has 5 heteroatoms. The second-order valence-electron chi connectivity index (χ2n) is 5.41. The van der Waals surface area contributed by atoms with Crippen molar-refractivity contribution in [1.82, 2.24) is 5.32 Å². The summed E-state index contributed by atoms with van der Waals surface area (Å²) in [6.07, 6.45) is 0.128. The van der Waals surface area contributed by atoms with Crippen LogP contribution in [0.3, 0.4) is 0 Å². The van der Waals surface area contributed by atoms with E-state index in [4.69, 9.17) is 17.0 Å². The average molecular weight is 328 g/mol. The zero-order chi connectivity index (χ0) is 16.8. The van der Waals surface area contributed by atoms with Crippen LogP contribution in [0, 0.1) is 6.92 Å². The molecule has 2 aromatic carbocycles. The normalized spacial score (nSPS) is 10.3. The summed E-state index contributed by atoms with van der Waals surface area (Å²) in [6, 6.07) is 14.8. The van der Waals surface area contributed by atoms with Crippen LogP contribution in [0.15, 0.2) is 48.5 Å². The summed E-state index contributed by atoms with van der Waals surface area (Å²) in [7, 11) is 0. The first-order chi connectivity index (χ1) is 11.0. The summed E-state index contributed by atoms with van der Waals surface area (Å²) in [5.41, 5.74) is 2.30. The number of anilines is 1. The number of carbonyl (C=O) groups excluding carboxylic acids is 1. The zero-order valence-corrected chi connectivity index (χ0v) is 14.2. The molecule has 2 rings (SSSR count). The van der Waals surface area contributed by atoms with Crippen LogP contribution in [0.5, 0.6) is 5.75 Å². The number of aryl methyl sites for hydroxylation is 1. The molecule has 23 heavy (non-hydrogen) atoms. The highest BCUT2D eigenvalue weighted by Crippen LogP contribution is 2.17. The first kappa shape index (κ1) is 17.0. The summed E-state index contributed by atoms with van der Waals surface area (Å²) in [5.74, 6) is 0.570. The third kappa shape index (κ3) is 5.07. The average Bonchev–Trinajstić information content (AvgIpc) is 2.49. The van der Waals surface area contributed by atoms with Crippen molar-refractivity contribution in [2.24, 2.45) is 0 Å². The van der Waals surface area contributed by atoms with Gasteiger partial charge in [0.25, 0.3) is 5.91 Å². The van der Waals surface area contributed by atoms with Crippen molar-refractivity contribution in [1.29, 1.82) is 0 Å². The monoisotopic (exact) mass is 328 g/mol. The summed E-state index contributed by atoms with van der Waals surface area (Å²) in [6.45, 7) is 5.84. The molecule has 0 fully saturated rings. The molecule has 0 aliphatic heterocycles. The molecule has 4 nitrogen and oxygen atoms in total. The predicted octanol–water partition coefficient (Wildman–Crippen LogP) is 3.91. The van der Waals surface area contributed by atoms with Crippen LogP contribution in [0.1, 0.15) is 29.8 Å². The fourth-order valence-electron chi connectivity index (χ4n) is 2.05. The lowest BCUT2D eigenvalue weighted by Crippen LogP contribution is -2.34. The number of rotatable bonds is 4. The van der Waals surface area contributed by atoms with Crippen LogP contribution in [-0.4, -0.2) is 17.1 Å². The number of nitrogens with one attached hydrogen (secondary N) is 2. The van der Waals surface area contributed by atoms with Gasteiger partial charge in [-0.05, 0) is 68.9 Å². The minimum absolute atomic E-state index is 0.128. The van der Waals surface area contributed by atoms with E-state index in [2.05, 4.69) is 10.6 Å². The third-order valence-electron chi connectivity index (χ3n) is 3.10. The Balaban J connectivity index is 1.94. The molecule has 2 aromatic rings. The van der Waals surface area contributed by atoms with Gasteiger partial charge in [0, 0.05) is 11.3 Å². The van der Waals surface area contributed by atoms with Crippen LogP contribution < -0.4 is 15.4 Å². The van der Waals surface area contributed by atoms with Crippen molar-refractivity contribution in [3.63, 3.8) is 0 Å². The van der Waals surface area contributed by atoms with Gasteiger partial charge in [0.2, 0.25) is 0 Å². The molecule has 0 aliphatic rings. The third-order valence-corrected chi connectivity index (χ3v) is 3.30. The maximum Gasteiger partial charge on any atom is 0.257 e. The molecule has 0 saturated carbocycles. The van der Waals surface area contributed by atoms with Gasteiger partial charge in [0.1, 0.15) is 5.75 Å². The number of hydrogen-bond acceptors (Lipinski definition) is 3. The topological polar surface area (TPSA) is 50.4 Å². The lowest BCUT2D eigenvalue weighted by molar-refractivity contribution is 0.0977. The Morgan fingerprint density at radius 2 is 1.74 bits per heavy atom. The SMILES string of the molecule is Cc1ccccc1C(=O)NC(=S)Nc1ccc(OC(C)C)cc1. The van der Waals surface area contributed by atoms with E-state index in [0.29, 0.717) is 5.56 Å². The number of amides is 1. The van der Waals surface area contributed by atoms with Crippen molar-refractivity contribution in [3.8, 4) is 5.75 Å². The predicted molar refractivity (Wildman–Crippen MR) is 97.1 cm³/mol. The fourth-order valence-corrected chi connectivity index (χ4v) is 2.26. The van der Waals surface area contributed by atoms with Gasteiger partial charge < -0.3 is 10.1 Å². The van der Waals surface area contributed by atoms with Crippen LogP contribution in [0.25, 0.3) is 0 Å². The lowest BCUT2D eigenvalue weighted by atomic mass is 10.1. The molecular weight excluding hydrogens is 308 g/mol. The number of hydrogen-bond donors (Lipinski definition) is 2. The van der Waals surface area contributed by atoms with E-state index in [1.165, 1.54) is 0 Å². The van der Waals surface area contributed by atoms with Crippen molar-refractivity contribution in [2.45, 2.75) is 26.9 Å². The minimum atomic E-state index is -0.222. The molecule has 0 unspecified atom stereocenters. The van der Waals surface area contributed by atoms with Gasteiger partial charge in [-0.2, -0.15) is 0 Å². The molecule has 0 saturated heterocycles. The first-order valence-corrected chi connectivity index (χ1v) is 7.81. The van der Waals surface area contributed by atoms with Crippen LogP contribution in [0.4, 0.5) is 5.69 Å². The molecule has 0 spiro atoms. The number of thiocarbonyl (C=S) groups is 1. The van der Waals surface area contributed by atoms with Gasteiger partial charge in [-0.3, -0.25) is 10.1 Å². The largest absolute Gasteiger partial charge is 0.491 e. The van der Waals surface area contributed by atoms with Gasteiger partial charge in [-0.1, -0.05) is 18.2 Å². The van der Waals surface area contributed by atoms with E-state index in [9.17, 15) is 4.79 Å². The van der Waals surface area contributed by atoms with Gasteiger partial charge >= 0.3 is 0 Å². The van der Waals surface area contributed by atoms with E-state index in [-0.39, 0.29) is 17.1 Å². The van der Waals surface area contributed by atoms with Gasteiger partial charge in [-0.25, -0.2) is 0 Å². The summed E-state index contributed by atoms with van der Waals surface area (Å²) in [4.78, 5) is 12.2. The van der Waals surface area contributed by atoms with Gasteiger partial charge in [0.15, 0.2) is 5.11 Å². The van der Waals surface area contributed by atoms with Crippen molar-refractivity contribution < 1.29 is 9.53 Å². The van der Waals surface area contributed by atoms with Gasteiger partial charge in [-0.15, -0.1) is 0 Å². The van der Waals surface area contributed by atoms with Gasteiger partial charge in [0.05, 0.1) is 6.10 Å². The quantitative estimate of drug-likeness (QED) is 0.836. The Morgan fingerprint density at radius 3 is 2.35 bits per heavy atom. The Hall–Kier alpha value is -2.40. The molecule has 120 valence electrons. The molecule has 0 bridgehead atoms. The van der Waals surface area contributed by atoms with Crippen LogP contribution in [0.2, 0.25) is 0 Å². The molecule has 0 radical (unpaired) electrons. The molecule has 0 atom stereocenters. The molecule has 0 aliphatic carbocycles. The van der Waals surface area contributed by atoms with E-state index >= 15 is 0 Å². The van der Waals surface area contributed by atoms with Crippen molar-refractivity contribution >= 4 is 28.9 Å². The molecule has 2 N–H and O–H groups in total. The van der Waals surface area contributed by atoms with Crippen LogP contribution >= 0.6 is 12.2 Å². The molecule has 0 aromatic heterocycles. The van der Waals surface area contributed by atoms with Crippen molar-refractivity contribution in [3.05, 3.63) is 59.7 Å². The second-order valence-corrected chi connectivity index (χ2v) is 5.82. The van der Waals surface area contributed by atoms with E-state index in [1.54, 1.807) is 6.07 Å². The second kappa shape index (κ2) is 7.74. The Morgan fingerprint density at radius 1 is 1.09 bits per heavy atom. The molecular formula is C18H20N2O2S. The van der Waals surface area contributed by atoms with E-state index < -0.39 is 0 Å². The smallest absolute Gasteiger partial charge is 0.257 e. The number of carbonyl (C=O) groups is 1. The van der Waals surface area contributed by atoms with E-state index in [1.807, 2.05) is 63.2 Å². The molecule has 1 amide bonds. The Labute approximate surface area is 141 Å². The highest BCUT2D eigenvalue weighted by molar-refractivity contribution is 7.80. The fraction of sp³-hybridized carbons (Fsp3) is 0.222.